The molecule has 1 saturated heterocycles. The van der Waals surface area contributed by atoms with Crippen LogP contribution >= 0.6 is 10.2 Å². The third-order valence-corrected chi connectivity index (χ3v) is 8.52. The van der Waals surface area contributed by atoms with Crippen molar-refractivity contribution in [3.8, 4) is 0 Å². The van der Waals surface area contributed by atoms with Crippen LogP contribution in [0.15, 0.2) is 41.4 Å². The highest BCUT2D eigenvalue weighted by Crippen LogP contribution is 3.02. The smallest absolute Gasteiger partial charge is 0.339 e. The van der Waals surface area contributed by atoms with Gasteiger partial charge in [0.15, 0.2) is 5.82 Å². The van der Waals surface area contributed by atoms with E-state index in [2.05, 4.69) is 20.3 Å². The number of aromatic nitrogens is 3. The number of amides is 1. The van der Waals surface area contributed by atoms with Gasteiger partial charge in [0.05, 0.1) is 35.8 Å². The van der Waals surface area contributed by atoms with E-state index in [0.717, 1.165) is 17.7 Å². The molecule has 1 aromatic carbocycles. The normalized spacial score (nSPS) is 16.6. The molecule has 0 atom stereocenters. The minimum atomic E-state index is -9.79. The Bertz CT molecular complexity index is 1580. The fourth-order valence-electron chi connectivity index (χ4n) is 5.23. The number of benzene rings is 1. The number of nitrogens with zero attached hydrogens (tertiary/aromatic N) is 5. The maximum Gasteiger partial charge on any atom is 0.339 e. The van der Waals surface area contributed by atoms with Crippen LogP contribution < -0.4 is 10.2 Å². The Kier molecular flexibility index (Phi) is 8.12. The highest BCUT2D eigenvalue weighted by atomic mass is 32.5. The summed E-state index contributed by atoms with van der Waals surface area (Å²) in [5.74, 6) is 0.0963. The van der Waals surface area contributed by atoms with Gasteiger partial charge in [0.25, 0.3) is 5.91 Å². The molecule has 1 fully saturated rings. The third-order valence-electron chi connectivity index (χ3n) is 7.36. The first-order valence-electron chi connectivity index (χ1n) is 13.8. The van der Waals surface area contributed by atoms with Gasteiger partial charge < -0.3 is 19.9 Å². The molecule has 0 spiro atoms. The Balaban J connectivity index is 1.53. The summed E-state index contributed by atoms with van der Waals surface area (Å²) in [7, 11) is -8.47. The number of anilines is 3. The van der Waals surface area contributed by atoms with Gasteiger partial charge in [-0.2, -0.15) is 0 Å². The number of nitrogens with one attached hydrogen (secondary N) is 1. The number of pyridine rings is 1. The molecule has 2 aromatic heterocycles. The molecule has 0 aliphatic carbocycles. The van der Waals surface area contributed by atoms with Crippen LogP contribution in [-0.2, 0) is 11.2 Å². The molecule has 3 heterocycles. The number of esters is 1. The topological polar surface area (TPSA) is 101 Å². The molecular weight excluding hydrogens is 607 g/mol. The molecule has 240 valence electrons. The number of hydrogen-bond donors (Lipinski definition) is 1. The van der Waals surface area contributed by atoms with Crippen LogP contribution in [0.25, 0.3) is 0 Å². The van der Waals surface area contributed by atoms with Crippen molar-refractivity contribution in [2.45, 2.75) is 57.9 Å². The van der Waals surface area contributed by atoms with Crippen LogP contribution in [0, 0.1) is 13.8 Å². The Labute approximate surface area is 252 Å². The summed E-state index contributed by atoms with van der Waals surface area (Å²) in [6.45, 7) is 10.6. The first-order valence-corrected chi connectivity index (χ1v) is 15.8. The largest absolute Gasteiger partial charge is 0.465 e. The van der Waals surface area contributed by atoms with Gasteiger partial charge in [0.2, 0.25) is 0 Å². The van der Waals surface area contributed by atoms with Crippen LogP contribution in [0.3, 0.4) is 0 Å². The second-order valence-electron chi connectivity index (χ2n) is 11.4. The van der Waals surface area contributed by atoms with Crippen molar-refractivity contribution < 1.29 is 33.8 Å². The lowest BCUT2D eigenvalue weighted by atomic mass is 9.97. The zero-order valence-electron chi connectivity index (χ0n) is 25.3. The van der Waals surface area contributed by atoms with Crippen molar-refractivity contribution in [1.82, 2.24) is 19.9 Å². The summed E-state index contributed by atoms with van der Waals surface area (Å²) in [5.41, 5.74) is 1.68. The fourth-order valence-corrected chi connectivity index (χ4v) is 5.88. The van der Waals surface area contributed by atoms with E-state index in [1.165, 1.54) is 13.3 Å². The first kappa shape index (κ1) is 32.9. The molecular formula is C29H35F5N6O3S. The average Bonchev–Trinajstić information content (AvgIpc) is 2.91. The number of ether oxygens (including phenoxy) is 1. The maximum absolute atomic E-state index is 13.7. The summed E-state index contributed by atoms with van der Waals surface area (Å²) in [4.78, 5) is 41.1. The Hall–Kier alpha value is -4.01. The molecule has 3 aromatic rings. The summed E-state index contributed by atoms with van der Waals surface area (Å²) < 4.78 is 70.3. The van der Waals surface area contributed by atoms with Gasteiger partial charge in [-0.1, -0.05) is 32.8 Å². The molecule has 1 amide bonds. The second kappa shape index (κ2) is 10.9. The quantitative estimate of drug-likeness (QED) is 0.201. The second-order valence-corrected chi connectivity index (χ2v) is 13.8. The van der Waals surface area contributed by atoms with Gasteiger partial charge in [-0.25, -0.2) is 19.7 Å². The standard InChI is InChI=1S/C29H35F5N6O3S/c1-7-8-22-26(37-20-9-11-21(12-10-20)44(30,31,32,33)34)35-16-23(38-22)27(41)40-14-13-39(17-29(40,4)5)24-15-18(2)25(19(3)36-24)28(42)43-6/h9-12,15-16H,7-8,13-14,17H2,1-6H3,(H,35,37). The molecule has 0 saturated carbocycles. The van der Waals surface area contributed by atoms with Crippen LogP contribution in [0.2, 0.25) is 0 Å². The SMILES string of the molecule is CCCc1nc(C(=O)N2CCN(c3cc(C)c(C(=O)OC)c(C)n3)CC2(C)C)cnc1Nc1ccc(S(F)(F)(F)(F)F)cc1. The van der Waals surface area contributed by atoms with Crippen LogP contribution in [-0.4, -0.2) is 64.0 Å². The first-order chi connectivity index (χ1) is 20.2. The number of methoxy groups -OCH3 is 1. The van der Waals surface area contributed by atoms with E-state index in [1.807, 2.05) is 38.7 Å². The number of hydrogen-bond acceptors (Lipinski definition) is 8. The maximum atomic E-state index is 13.7. The molecule has 9 nitrogen and oxygen atoms in total. The summed E-state index contributed by atoms with van der Waals surface area (Å²) in [5, 5.41) is 2.83. The number of piperazine rings is 1. The van der Waals surface area contributed by atoms with E-state index in [0.29, 0.717) is 67.4 Å². The van der Waals surface area contributed by atoms with Crippen LogP contribution in [0.5, 0.6) is 0 Å². The van der Waals surface area contributed by atoms with E-state index < -0.39 is 26.6 Å². The van der Waals surface area contributed by atoms with Crippen molar-refractivity contribution in [1.29, 1.82) is 0 Å². The van der Waals surface area contributed by atoms with Crippen LogP contribution in [0.4, 0.5) is 36.8 Å². The van der Waals surface area contributed by atoms with Crippen molar-refractivity contribution in [2.75, 3.05) is 37.0 Å². The predicted octanol–water partition coefficient (Wildman–Crippen LogP) is 7.37. The number of carbonyl (C=O) groups is 2. The van der Waals surface area contributed by atoms with Gasteiger partial charge in [0.1, 0.15) is 16.4 Å². The molecule has 15 heteroatoms. The Morgan fingerprint density at radius 1 is 1.05 bits per heavy atom. The summed E-state index contributed by atoms with van der Waals surface area (Å²) in [6, 6.07) is 4.26. The monoisotopic (exact) mass is 642 g/mol. The summed E-state index contributed by atoms with van der Waals surface area (Å²) in [6.07, 6.45) is 2.33. The van der Waals surface area contributed by atoms with E-state index in [9.17, 15) is 29.0 Å². The highest BCUT2D eigenvalue weighted by Gasteiger charge is 2.65. The zero-order chi connectivity index (χ0) is 32.7. The number of halogens is 5. The molecule has 1 N–H and O–H groups in total. The predicted molar refractivity (Wildman–Crippen MR) is 160 cm³/mol. The number of aryl methyl sites for hydroxylation is 3. The molecule has 44 heavy (non-hydrogen) atoms. The Morgan fingerprint density at radius 3 is 2.25 bits per heavy atom. The molecule has 0 unspecified atom stereocenters. The number of rotatable bonds is 8. The molecule has 0 bridgehead atoms. The van der Waals surface area contributed by atoms with E-state index in [4.69, 9.17) is 4.74 Å². The minimum Gasteiger partial charge on any atom is -0.465 e. The third kappa shape index (κ3) is 7.03. The minimum absolute atomic E-state index is 0.101. The number of carbonyl (C=O) groups excluding carboxylic acids is 2. The van der Waals surface area contributed by atoms with E-state index in [-0.39, 0.29) is 23.1 Å². The fraction of sp³-hybridized carbons (Fsp3) is 0.414. The van der Waals surface area contributed by atoms with Crippen molar-refractivity contribution >= 4 is 39.4 Å². The highest BCUT2D eigenvalue weighted by molar-refractivity contribution is 8.45. The lowest BCUT2D eigenvalue weighted by molar-refractivity contribution is 0.0505. The van der Waals surface area contributed by atoms with Gasteiger partial charge in [-0.05, 0) is 70.0 Å². The lowest BCUT2D eigenvalue weighted by Crippen LogP contribution is -2.61. The van der Waals surface area contributed by atoms with Gasteiger partial charge >= 0.3 is 16.2 Å². The van der Waals surface area contributed by atoms with Crippen LogP contribution in [0.1, 0.15) is 65.0 Å². The van der Waals surface area contributed by atoms with E-state index in [1.54, 1.807) is 11.8 Å². The lowest BCUT2D eigenvalue weighted by Gasteiger charge is -2.47. The van der Waals surface area contributed by atoms with Crippen molar-refractivity contribution in [3.05, 3.63) is 64.7 Å². The van der Waals surface area contributed by atoms with E-state index >= 15 is 0 Å². The average molecular weight is 643 g/mol. The molecule has 4 rings (SSSR count). The Morgan fingerprint density at radius 2 is 1.70 bits per heavy atom. The zero-order valence-corrected chi connectivity index (χ0v) is 26.1. The van der Waals surface area contributed by atoms with Gasteiger partial charge in [-0.15, -0.1) is 0 Å². The molecule has 1 aliphatic heterocycles. The van der Waals surface area contributed by atoms with Gasteiger partial charge in [-0.3, -0.25) is 4.79 Å². The van der Waals surface area contributed by atoms with Crippen molar-refractivity contribution in [3.63, 3.8) is 0 Å². The summed E-state index contributed by atoms with van der Waals surface area (Å²) >= 11 is 0. The molecule has 0 radical (unpaired) electrons. The van der Waals surface area contributed by atoms with Crippen molar-refractivity contribution in [2.24, 2.45) is 0 Å². The molecule has 1 aliphatic rings. The van der Waals surface area contributed by atoms with Gasteiger partial charge in [0, 0.05) is 25.3 Å².